The molecule has 2 aliphatic rings. The monoisotopic (exact) mass is 682 g/mol. The fraction of sp³-hybridized carbons (Fsp3) is 0.303. The van der Waals surface area contributed by atoms with E-state index in [9.17, 15) is 23.2 Å². The number of H-pyrrole nitrogens is 1. The number of nitriles is 1. The summed E-state index contributed by atoms with van der Waals surface area (Å²) in [6.07, 6.45) is -0.0836. The fourth-order valence-corrected chi connectivity index (χ4v) is 6.64. The maximum Gasteiger partial charge on any atom is 0.416 e. The van der Waals surface area contributed by atoms with E-state index in [4.69, 9.17) is 23.2 Å². The van der Waals surface area contributed by atoms with Crippen molar-refractivity contribution in [2.75, 3.05) is 18.1 Å². The highest BCUT2D eigenvalue weighted by molar-refractivity contribution is 7.16. The van der Waals surface area contributed by atoms with E-state index in [0.29, 0.717) is 63.4 Å². The number of nitrogens with one attached hydrogen (secondary N) is 2. The second kappa shape index (κ2) is 13.1. The molecule has 1 saturated heterocycles. The first kappa shape index (κ1) is 32.1. The topological polar surface area (TPSA) is 88.1 Å². The molecule has 2 N–H and O–H groups in total. The van der Waals surface area contributed by atoms with E-state index in [2.05, 4.69) is 33.4 Å². The highest BCUT2D eigenvalue weighted by Crippen LogP contribution is 2.38. The molecule has 2 aromatic carbocycles. The highest BCUT2D eigenvalue weighted by atomic mass is 35.5. The Morgan fingerprint density at radius 1 is 1.07 bits per heavy atom. The summed E-state index contributed by atoms with van der Waals surface area (Å²) >= 11 is 14.2. The molecule has 1 aliphatic heterocycles. The summed E-state index contributed by atoms with van der Waals surface area (Å²) in [5, 5.41) is 24.9. The van der Waals surface area contributed by atoms with Crippen molar-refractivity contribution in [1.29, 1.82) is 5.26 Å². The van der Waals surface area contributed by atoms with Crippen LogP contribution in [-0.2, 0) is 12.7 Å². The van der Waals surface area contributed by atoms with E-state index in [0.717, 1.165) is 36.3 Å². The average molecular weight is 684 g/mol. The molecule has 0 spiro atoms. The summed E-state index contributed by atoms with van der Waals surface area (Å²) in [6.45, 7) is 1.55. The molecule has 4 aromatic rings. The van der Waals surface area contributed by atoms with Gasteiger partial charge in [0.2, 0.25) is 0 Å². The Hall–Kier alpha value is -3.84. The Bertz CT molecular complexity index is 1860. The number of carbonyl (C=O) groups is 1. The molecule has 236 valence electrons. The molecule has 0 radical (unpaired) electrons. The number of benzene rings is 2. The Kier molecular flexibility index (Phi) is 9.15. The van der Waals surface area contributed by atoms with Crippen molar-refractivity contribution < 1.29 is 18.0 Å². The van der Waals surface area contributed by atoms with Gasteiger partial charge in [-0.3, -0.25) is 15.2 Å². The van der Waals surface area contributed by atoms with Gasteiger partial charge in [-0.05, 0) is 80.3 Å². The van der Waals surface area contributed by atoms with E-state index < -0.39 is 17.3 Å². The average Bonchev–Trinajstić information content (AvgIpc) is 3.46. The van der Waals surface area contributed by atoms with Gasteiger partial charge in [0.25, 0.3) is 5.91 Å². The Morgan fingerprint density at radius 2 is 1.80 bits per heavy atom. The summed E-state index contributed by atoms with van der Waals surface area (Å²) < 4.78 is 38.8. The van der Waals surface area contributed by atoms with Gasteiger partial charge in [-0.25, -0.2) is 10.0 Å². The van der Waals surface area contributed by atoms with Gasteiger partial charge in [-0.15, -0.1) is 11.3 Å². The van der Waals surface area contributed by atoms with Crippen LogP contribution in [0.1, 0.15) is 64.2 Å². The molecule has 3 heterocycles. The third kappa shape index (κ3) is 6.95. The highest BCUT2D eigenvalue weighted by Gasteiger charge is 2.43. The molecular formula is C33H27Cl2F3N6OS. The SMILES string of the molecule is N#CC1(NCc2c(C(=O)N(c3ccc(Cl)cc3Cl)N3CCCCC3)n[nH]c2-c2ccc(C#Cc3ccc(C(F)(F)F)cc3)s2)CC1. The van der Waals surface area contributed by atoms with E-state index in [1.165, 1.54) is 23.5 Å². The first-order valence-corrected chi connectivity index (χ1v) is 16.2. The van der Waals surface area contributed by atoms with Crippen molar-refractivity contribution in [3.8, 4) is 28.5 Å². The van der Waals surface area contributed by atoms with Crippen molar-refractivity contribution >= 4 is 46.1 Å². The van der Waals surface area contributed by atoms with Crippen LogP contribution in [0.25, 0.3) is 10.6 Å². The van der Waals surface area contributed by atoms with Gasteiger partial charge in [0.05, 0.1) is 37.8 Å². The van der Waals surface area contributed by atoms with Crippen molar-refractivity contribution in [3.05, 3.63) is 91.9 Å². The van der Waals surface area contributed by atoms with Crippen molar-refractivity contribution in [1.82, 2.24) is 20.5 Å². The Balaban J connectivity index is 1.34. The largest absolute Gasteiger partial charge is 0.416 e. The van der Waals surface area contributed by atoms with Crippen LogP contribution >= 0.6 is 34.5 Å². The van der Waals surface area contributed by atoms with Crippen LogP contribution in [0.5, 0.6) is 0 Å². The lowest BCUT2D eigenvalue weighted by Gasteiger charge is -2.37. The third-order valence-corrected chi connectivity index (χ3v) is 9.53. The second-order valence-corrected chi connectivity index (χ2v) is 13.1. The number of amides is 1. The lowest BCUT2D eigenvalue weighted by Crippen LogP contribution is -2.49. The molecule has 0 bridgehead atoms. The first-order valence-electron chi connectivity index (χ1n) is 14.6. The third-order valence-electron chi connectivity index (χ3n) is 7.98. The molecule has 0 atom stereocenters. The number of alkyl halides is 3. The zero-order valence-electron chi connectivity index (χ0n) is 24.3. The predicted octanol–water partition coefficient (Wildman–Crippen LogP) is 8.06. The molecule has 1 amide bonds. The van der Waals surface area contributed by atoms with Crippen LogP contribution in [0.3, 0.4) is 0 Å². The minimum atomic E-state index is -4.41. The summed E-state index contributed by atoms with van der Waals surface area (Å²) in [5.41, 5.74) is 0.971. The van der Waals surface area contributed by atoms with Crippen LogP contribution in [0.15, 0.2) is 54.6 Å². The summed E-state index contributed by atoms with van der Waals surface area (Å²) in [6, 6.07) is 15.7. The quantitative estimate of drug-likeness (QED) is 0.193. The number of aromatic nitrogens is 2. The lowest BCUT2D eigenvalue weighted by atomic mass is 10.1. The van der Waals surface area contributed by atoms with Crippen LogP contribution < -0.4 is 10.3 Å². The molecule has 13 heteroatoms. The number of carbonyl (C=O) groups excluding carboxylic acids is 1. The molecular weight excluding hydrogens is 656 g/mol. The smallest absolute Gasteiger partial charge is 0.295 e. The van der Waals surface area contributed by atoms with Gasteiger partial charge in [0.15, 0.2) is 5.69 Å². The fourth-order valence-electron chi connectivity index (χ4n) is 5.27. The maximum atomic E-state index is 14.4. The van der Waals surface area contributed by atoms with Gasteiger partial charge < -0.3 is 0 Å². The zero-order valence-corrected chi connectivity index (χ0v) is 26.7. The van der Waals surface area contributed by atoms with Gasteiger partial charge in [-0.1, -0.05) is 41.5 Å². The number of hydrazine groups is 1. The summed E-state index contributed by atoms with van der Waals surface area (Å²) in [7, 11) is 0. The summed E-state index contributed by atoms with van der Waals surface area (Å²) in [4.78, 5) is 15.9. The van der Waals surface area contributed by atoms with Crippen LogP contribution in [-0.4, -0.2) is 39.7 Å². The van der Waals surface area contributed by atoms with Crippen LogP contribution in [0.4, 0.5) is 18.9 Å². The zero-order chi connectivity index (χ0) is 32.5. The first-order chi connectivity index (χ1) is 22.1. The van der Waals surface area contributed by atoms with Crippen molar-refractivity contribution in [2.24, 2.45) is 0 Å². The van der Waals surface area contributed by atoms with E-state index in [-0.39, 0.29) is 18.1 Å². The van der Waals surface area contributed by atoms with Crippen LogP contribution in [0.2, 0.25) is 10.0 Å². The number of hydrogen-bond donors (Lipinski definition) is 2. The van der Waals surface area contributed by atoms with Gasteiger partial charge >= 0.3 is 6.18 Å². The number of piperidine rings is 1. The van der Waals surface area contributed by atoms with Crippen molar-refractivity contribution in [3.63, 3.8) is 0 Å². The van der Waals surface area contributed by atoms with Gasteiger partial charge in [-0.2, -0.15) is 23.5 Å². The number of rotatable bonds is 7. The molecule has 7 nitrogen and oxygen atoms in total. The number of halogens is 5. The number of nitrogens with zero attached hydrogens (tertiary/aromatic N) is 4. The number of aromatic amines is 1. The number of thiophene rings is 1. The molecule has 2 aromatic heterocycles. The minimum absolute atomic E-state index is 0.193. The molecule has 0 unspecified atom stereocenters. The van der Waals surface area contributed by atoms with Gasteiger partial charge in [0, 0.05) is 35.8 Å². The molecule has 46 heavy (non-hydrogen) atoms. The van der Waals surface area contributed by atoms with E-state index in [1.54, 1.807) is 23.2 Å². The molecule has 1 saturated carbocycles. The normalized spacial score (nSPS) is 15.9. The van der Waals surface area contributed by atoms with E-state index in [1.807, 2.05) is 17.1 Å². The van der Waals surface area contributed by atoms with Gasteiger partial charge in [0.1, 0.15) is 5.54 Å². The Morgan fingerprint density at radius 3 is 2.46 bits per heavy atom. The minimum Gasteiger partial charge on any atom is -0.295 e. The molecule has 2 fully saturated rings. The maximum absolute atomic E-state index is 14.4. The number of anilines is 1. The molecule has 6 rings (SSSR count). The Labute approximate surface area is 277 Å². The lowest BCUT2D eigenvalue weighted by molar-refractivity contribution is -0.137. The predicted molar refractivity (Wildman–Crippen MR) is 172 cm³/mol. The van der Waals surface area contributed by atoms with Crippen molar-refractivity contribution in [2.45, 2.75) is 50.4 Å². The number of hydrogen-bond acceptors (Lipinski definition) is 6. The van der Waals surface area contributed by atoms with Crippen LogP contribution in [0, 0.1) is 23.2 Å². The molecule has 1 aliphatic carbocycles. The standard InChI is InChI=1S/C33H27Cl2F3N6OS/c34-23-9-12-27(26(35)18-23)44(43-16-2-1-3-17-43)31(45)30-25(19-40-32(20-39)14-15-32)29(41-42-30)28-13-11-24(46-28)10-6-21-4-7-22(8-5-21)33(36,37)38/h4-5,7-9,11-13,18,40H,1-3,14-17,19H2,(H,41,42). The second-order valence-electron chi connectivity index (χ2n) is 11.2. The van der Waals surface area contributed by atoms with E-state index >= 15 is 0 Å². The summed E-state index contributed by atoms with van der Waals surface area (Å²) in [5.74, 6) is 5.56.